The van der Waals surface area contributed by atoms with Crippen molar-refractivity contribution in [3.63, 3.8) is 0 Å². The number of hydrogen-bond donors (Lipinski definition) is 0. The molecule has 2 aromatic rings. The van der Waals surface area contributed by atoms with E-state index >= 15 is 0 Å². The fourth-order valence-corrected chi connectivity index (χ4v) is 5.40. The third kappa shape index (κ3) is 5.45. The standard InChI is InChI=1S/C17H21N2O2PS/c1-3-14-23-22(20,21-17-12-8-5-9-13-17)19(2)15-18-16-10-6-4-7-11-16/h4-13,15H,3,14H2,1-2H3. The first kappa shape index (κ1) is 17.6. The first-order valence-corrected chi connectivity index (χ1v) is 10.6. The van der Waals surface area contributed by atoms with E-state index in [2.05, 4.69) is 11.9 Å². The van der Waals surface area contributed by atoms with E-state index in [1.165, 1.54) is 11.4 Å². The minimum atomic E-state index is -3.09. The zero-order chi connectivity index (χ0) is 16.5. The molecule has 0 aromatic heterocycles. The molecule has 4 nitrogen and oxygen atoms in total. The van der Waals surface area contributed by atoms with Crippen LogP contribution in [0.25, 0.3) is 0 Å². The van der Waals surface area contributed by atoms with Crippen LogP contribution in [0.3, 0.4) is 0 Å². The summed E-state index contributed by atoms with van der Waals surface area (Å²) in [5.74, 6) is 1.35. The molecule has 122 valence electrons. The van der Waals surface area contributed by atoms with Gasteiger partial charge in [-0.3, -0.25) is 4.67 Å². The molecule has 23 heavy (non-hydrogen) atoms. The van der Waals surface area contributed by atoms with E-state index in [0.29, 0.717) is 5.75 Å². The lowest BCUT2D eigenvalue weighted by atomic mass is 10.3. The van der Waals surface area contributed by atoms with E-state index in [4.69, 9.17) is 4.52 Å². The van der Waals surface area contributed by atoms with Gasteiger partial charge in [0.2, 0.25) is 0 Å². The van der Waals surface area contributed by atoms with Crippen molar-refractivity contribution in [1.82, 2.24) is 4.67 Å². The molecule has 0 amide bonds. The molecule has 0 aliphatic rings. The highest BCUT2D eigenvalue weighted by Crippen LogP contribution is 2.60. The second kappa shape index (κ2) is 8.80. The fraction of sp³-hybridized carbons (Fsp3) is 0.235. The van der Waals surface area contributed by atoms with Crippen molar-refractivity contribution in [2.75, 3.05) is 12.8 Å². The van der Waals surface area contributed by atoms with E-state index in [1.807, 2.05) is 48.5 Å². The average Bonchev–Trinajstić information content (AvgIpc) is 2.59. The minimum absolute atomic E-state index is 0.597. The normalized spacial score (nSPS) is 13.7. The number of benzene rings is 2. The Balaban J connectivity index is 2.15. The monoisotopic (exact) mass is 348 g/mol. The van der Waals surface area contributed by atoms with Gasteiger partial charge < -0.3 is 4.52 Å². The van der Waals surface area contributed by atoms with Crippen molar-refractivity contribution in [1.29, 1.82) is 0 Å². The number of nitrogens with zero attached hydrogens (tertiary/aromatic N) is 2. The summed E-state index contributed by atoms with van der Waals surface area (Å²) < 4.78 is 20.6. The molecule has 1 unspecified atom stereocenters. The van der Waals surface area contributed by atoms with Crippen LogP contribution in [-0.2, 0) is 4.57 Å². The summed E-state index contributed by atoms with van der Waals surface area (Å²) in [5, 5.41) is 0. The average molecular weight is 348 g/mol. The number of hydrogen-bond acceptors (Lipinski definition) is 4. The summed E-state index contributed by atoms with van der Waals surface area (Å²) >= 11 is 1.33. The Hall–Kier alpha value is -1.71. The van der Waals surface area contributed by atoms with Crippen molar-refractivity contribution in [3.05, 3.63) is 60.7 Å². The van der Waals surface area contributed by atoms with E-state index in [1.54, 1.807) is 30.2 Å². The van der Waals surface area contributed by atoms with Crippen molar-refractivity contribution in [2.45, 2.75) is 13.3 Å². The van der Waals surface area contributed by atoms with Crippen LogP contribution in [0.1, 0.15) is 13.3 Å². The van der Waals surface area contributed by atoms with Crippen LogP contribution in [-0.4, -0.2) is 23.8 Å². The molecule has 0 saturated heterocycles. The highest BCUT2D eigenvalue weighted by atomic mass is 32.7. The second-order valence-electron chi connectivity index (χ2n) is 4.86. The maximum absolute atomic E-state index is 13.2. The highest BCUT2D eigenvalue weighted by Gasteiger charge is 2.29. The third-order valence-electron chi connectivity index (χ3n) is 2.94. The summed E-state index contributed by atoms with van der Waals surface area (Å²) in [5.41, 5.74) is 0.811. The third-order valence-corrected chi connectivity index (χ3v) is 7.70. The maximum Gasteiger partial charge on any atom is 0.402 e. The highest BCUT2D eigenvalue weighted by molar-refractivity contribution is 8.56. The van der Waals surface area contributed by atoms with Crippen LogP contribution in [0.5, 0.6) is 5.75 Å². The number of rotatable bonds is 8. The van der Waals surface area contributed by atoms with Crippen molar-refractivity contribution in [2.24, 2.45) is 4.99 Å². The minimum Gasteiger partial charge on any atom is -0.422 e. The lowest BCUT2D eigenvalue weighted by molar-refractivity contribution is 0.462. The lowest BCUT2D eigenvalue weighted by Crippen LogP contribution is -2.14. The summed E-state index contributed by atoms with van der Waals surface area (Å²) in [6.45, 7) is -1.03. The van der Waals surface area contributed by atoms with Gasteiger partial charge in [-0.05, 0) is 42.1 Å². The quantitative estimate of drug-likeness (QED) is 0.353. The van der Waals surface area contributed by atoms with E-state index < -0.39 is 6.72 Å². The molecule has 0 aliphatic carbocycles. The van der Waals surface area contributed by atoms with Gasteiger partial charge >= 0.3 is 6.72 Å². The van der Waals surface area contributed by atoms with Gasteiger partial charge in [-0.15, -0.1) is 0 Å². The predicted molar refractivity (Wildman–Crippen MR) is 99.8 cm³/mol. The molecule has 1 atom stereocenters. The summed E-state index contributed by atoms with van der Waals surface area (Å²) in [7, 11) is 1.73. The Labute approximate surface area is 141 Å². The van der Waals surface area contributed by atoms with Crippen LogP contribution in [0.15, 0.2) is 65.7 Å². The van der Waals surface area contributed by atoms with Crippen LogP contribution >= 0.6 is 18.1 Å². The Morgan fingerprint density at radius 3 is 2.35 bits per heavy atom. The van der Waals surface area contributed by atoms with Crippen LogP contribution in [0, 0.1) is 0 Å². The molecule has 2 aromatic carbocycles. The molecule has 0 saturated carbocycles. The van der Waals surface area contributed by atoms with Gasteiger partial charge in [-0.1, -0.05) is 43.3 Å². The zero-order valence-electron chi connectivity index (χ0n) is 13.3. The molecular formula is C17H21N2O2PS. The Kier molecular flexibility index (Phi) is 6.75. The molecule has 0 N–H and O–H groups in total. The van der Waals surface area contributed by atoms with Crippen LogP contribution in [0.4, 0.5) is 5.69 Å². The van der Waals surface area contributed by atoms with Gasteiger partial charge in [0.25, 0.3) is 0 Å². The molecule has 0 heterocycles. The largest absolute Gasteiger partial charge is 0.422 e. The zero-order valence-corrected chi connectivity index (χ0v) is 15.0. The molecule has 6 heteroatoms. The summed E-state index contributed by atoms with van der Waals surface area (Å²) in [6, 6.07) is 18.8. The van der Waals surface area contributed by atoms with E-state index in [-0.39, 0.29) is 0 Å². The second-order valence-corrected chi connectivity index (χ2v) is 9.44. The first-order valence-electron chi connectivity index (χ1n) is 7.46. The molecule has 0 radical (unpaired) electrons. The van der Waals surface area contributed by atoms with Crippen molar-refractivity contribution < 1.29 is 9.09 Å². The Morgan fingerprint density at radius 1 is 1.13 bits per heavy atom. The molecule has 2 rings (SSSR count). The summed E-state index contributed by atoms with van der Waals surface area (Å²) in [6.07, 6.45) is 2.50. The SMILES string of the molecule is CCCSP(=O)(Oc1ccccc1)N(C)C=Nc1ccccc1. The maximum atomic E-state index is 13.2. The summed E-state index contributed by atoms with van der Waals surface area (Å²) in [4.78, 5) is 4.36. The predicted octanol–water partition coefficient (Wildman–Crippen LogP) is 5.61. The Morgan fingerprint density at radius 2 is 1.74 bits per heavy atom. The van der Waals surface area contributed by atoms with Crippen molar-refractivity contribution in [3.8, 4) is 5.75 Å². The number of para-hydroxylation sites is 2. The molecule has 0 bridgehead atoms. The molecule has 0 fully saturated rings. The van der Waals surface area contributed by atoms with Crippen LogP contribution in [0.2, 0.25) is 0 Å². The van der Waals surface area contributed by atoms with Gasteiger partial charge in [0.15, 0.2) is 0 Å². The van der Waals surface area contributed by atoms with Crippen LogP contribution < -0.4 is 4.52 Å². The fourth-order valence-electron chi connectivity index (χ4n) is 1.73. The molecule has 0 spiro atoms. The van der Waals surface area contributed by atoms with E-state index in [9.17, 15) is 4.57 Å². The van der Waals surface area contributed by atoms with Gasteiger partial charge in [0, 0.05) is 12.8 Å². The van der Waals surface area contributed by atoms with Gasteiger partial charge in [-0.2, -0.15) is 0 Å². The van der Waals surface area contributed by atoms with Gasteiger partial charge in [0.1, 0.15) is 5.75 Å². The molecule has 0 aliphatic heterocycles. The van der Waals surface area contributed by atoms with E-state index in [0.717, 1.165) is 17.9 Å². The van der Waals surface area contributed by atoms with Gasteiger partial charge in [-0.25, -0.2) is 9.56 Å². The lowest BCUT2D eigenvalue weighted by Gasteiger charge is -2.25. The Bertz CT molecular complexity index is 665. The molecular weight excluding hydrogens is 327 g/mol. The van der Waals surface area contributed by atoms with Crippen molar-refractivity contribution >= 4 is 30.1 Å². The number of aliphatic imine (C=N–C) groups is 1. The first-order chi connectivity index (χ1) is 11.1. The van der Waals surface area contributed by atoms with Gasteiger partial charge in [0.05, 0.1) is 12.0 Å². The smallest absolute Gasteiger partial charge is 0.402 e. The topological polar surface area (TPSA) is 41.9 Å².